The summed E-state index contributed by atoms with van der Waals surface area (Å²) in [6.07, 6.45) is 6.26. The van der Waals surface area contributed by atoms with Crippen LogP contribution in [0.1, 0.15) is 12.0 Å². The first-order chi connectivity index (χ1) is 14.8. The third-order valence-corrected chi connectivity index (χ3v) is 4.86. The number of alkyl halides is 1. The molecule has 0 aliphatic heterocycles. The van der Waals surface area contributed by atoms with E-state index in [1.54, 1.807) is 35.4 Å². The molecule has 2 aromatic carbocycles. The number of aromatic nitrogens is 2. The largest absolute Gasteiger partial charge is 0.494 e. The second-order valence-corrected chi connectivity index (χ2v) is 7.67. The Bertz CT molecular complexity index is 920. The second-order valence-electron chi connectivity index (χ2n) is 6.20. The summed E-state index contributed by atoms with van der Waals surface area (Å²) in [4.78, 5) is 12.4. The van der Waals surface area contributed by atoms with Crippen LogP contribution in [0.25, 0.3) is 0 Å². The summed E-state index contributed by atoms with van der Waals surface area (Å²) in [6.45, 7) is 0.947. The number of imidazole rings is 1. The predicted molar refractivity (Wildman–Crippen MR) is 118 cm³/mol. The molecule has 0 aliphatic carbocycles. The van der Waals surface area contributed by atoms with E-state index in [1.807, 2.05) is 36.4 Å². The molecule has 0 aliphatic rings. The van der Waals surface area contributed by atoms with Gasteiger partial charge in [-0.1, -0.05) is 46.9 Å². The number of halogens is 3. The van der Waals surface area contributed by atoms with Gasteiger partial charge in [0.05, 0.1) is 19.5 Å². The summed E-state index contributed by atoms with van der Waals surface area (Å²) in [7, 11) is 0. The molecule has 31 heavy (non-hydrogen) atoms. The van der Waals surface area contributed by atoms with Gasteiger partial charge in [0.2, 0.25) is 5.18 Å². The van der Waals surface area contributed by atoms with Crippen molar-refractivity contribution in [2.75, 3.05) is 13.2 Å². The van der Waals surface area contributed by atoms with Crippen molar-refractivity contribution in [3.8, 4) is 5.75 Å². The van der Waals surface area contributed by atoms with Gasteiger partial charge in [0, 0.05) is 35.3 Å². The molecule has 0 spiro atoms. The Morgan fingerprint density at radius 1 is 1.06 bits per heavy atom. The third-order valence-electron chi connectivity index (χ3n) is 3.92. The molecule has 11 heteroatoms. The molecule has 1 heterocycles. The smallest absolute Gasteiger partial charge is 0.291 e. The number of benzene rings is 2. The number of hydrogen-bond acceptors (Lipinski definition) is 5. The van der Waals surface area contributed by atoms with E-state index < -0.39 is 10.3 Å². The minimum absolute atomic E-state index is 0.433. The lowest BCUT2D eigenvalue weighted by molar-refractivity contribution is -0.742. The van der Waals surface area contributed by atoms with Crippen LogP contribution in [0, 0.1) is 10.1 Å². The standard InChI is InChI=1S/C20H19Cl3N2O2.HNO3/c21-17-4-2-16(3-5-17)14-20(23,25-11-10-24-15-25)27-13-1-12-26-19-8-6-18(22)7-9-19;2-1(3)4/h2-11,15H,1,12-14H2;(H,2,3,4). The molecule has 0 amide bonds. The summed E-state index contributed by atoms with van der Waals surface area (Å²) in [5, 5.41) is 13.9. The van der Waals surface area contributed by atoms with Gasteiger partial charge in [0.15, 0.2) is 0 Å². The fourth-order valence-corrected chi connectivity index (χ4v) is 3.12. The highest BCUT2D eigenvalue weighted by Gasteiger charge is 2.30. The Morgan fingerprint density at radius 3 is 2.19 bits per heavy atom. The number of rotatable bonds is 9. The lowest BCUT2D eigenvalue weighted by atomic mass is 10.1. The predicted octanol–water partition coefficient (Wildman–Crippen LogP) is 5.42. The zero-order valence-corrected chi connectivity index (χ0v) is 18.5. The molecule has 1 aromatic heterocycles. The van der Waals surface area contributed by atoms with Crippen LogP contribution in [0.2, 0.25) is 10.0 Å². The van der Waals surface area contributed by atoms with Crippen molar-refractivity contribution in [2.24, 2.45) is 0 Å². The van der Waals surface area contributed by atoms with Crippen molar-refractivity contribution in [3.63, 3.8) is 0 Å². The maximum atomic E-state index is 8.36. The first kappa shape index (κ1) is 24.7. The van der Waals surface area contributed by atoms with Gasteiger partial charge in [-0.15, -0.1) is 10.1 Å². The Hall–Kier alpha value is -2.52. The maximum Gasteiger partial charge on any atom is 0.291 e. The number of nitrogens with zero attached hydrogens (tertiary/aromatic N) is 3. The topological polar surface area (TPSA) is 99.7 Å². The average molecular weight is 489 g/mol. The Kier molecular flexibility index (Phi) is 9.87. The van der Waals surface area contributed by atoms with E-state index >= 15 is 0 Å². The number of hydrogen-bond donors (Lipinski definition) is 1. The van der Waals surface area contributed by atoms with Crippen LogP contribution in [0.4, 0.5) is 0 Å². The SMILES string of the molecule is Clc1ccc(CC(Cl)(OCCCOc2ccc(Cl)cc2)n2ccnc2)cc1.O=[N+]([O-])O. The molecular weight excluding hydrogens is 469 g/mol. The van der Waals surface area contributed by atoms with Crippen LogP contribution in [0.3, 0.4) is 0 Å². The summed E-state index contributed by atoms with van der Waals surface area (Å²) in [5.74, 6) is 0.771. The fraction of sp³-hybridized carbons (Fsp3) is 0.250. The van der Waals surface area contributed by atoms with E-state index in [1.165, 1.54) is 0 Å². The van der Waals surface area contributed by atoms with Gasteiger partial charge in [-0.3, -0.25) is 4.57 Å². The highest BCUT2D eigenvalue weighted by Crippen LogP contribution is 2.29. The molecule has 8 nitrogen and oxygen atoms in total. The Morgan fingerprint density at radius 2 is 1.65 bits per heavy atom. The van der Waals surface area contributed by atoms with Gasteiger partial charge < -0.3 is 14.7 Å². The van der Waals surface area contributed by atoms with Crippen molar-refractivity contribution in [2.45, 2.75) is 18.0 Å². The summed E-state index contributed by atoms with van der Waals surface area (Å²) < 4.78 is 13.5. The lowest BCUT2D eigenvalue weighted by Gasteiger charge is -2.29. The maximum absolute atomic E-state index is 8.36. The van der Waals surface area contributed by atoms with Gasteiger partial charge in [-0.2, -0.15) is 0 Å². The van der Waals surface area contributed by atoms with Crippen LogP contribution >= 0.6 is 34.8 Å². The van der Waals surface area contributed by atoms with Crippen LogP contribution < -0.4 is 4.74 Å². The molecule has 1 N–H and O–H groups in total. The summed E-state index contributed by atoms with van der Waals surface area (Å²) >= 11 is 18.6. The lowest BCUT2D eigenvalue weighted by Crippen LogP contribution is -2.33. The quantitative estimate of drug-likeness (QED) is 0.187. The first-order valence-electron chi connectivity index (χ1n) is 9.06. The van der Waals surface area contributed by atoms with Gasteiger partial charge in [0.25, 0.3) is 5.09 Å². The zero-order chi connectivity index (χ0) is 22.7. The Balaban J connectivity index is 0.000000785. The Labute approximate surface area is 194 Å². The molecule has 1 unspecified atom stereocenters. The van der Waals surface area contributed by atoms with E-state index in [0.29, 0.717) is 36.1 Å². The van der Waals surface area contributed by atoms with Crippen molar-refractivity contribution >= 4 is 34.8 Å². The minimum atomic E-state index is -1.50. The van der Waals surface area contributed by atoms with Gasteiger partial charge in [0.1, 0.15) is 5.75 Å². The van der Waals surface area contributed by atoms with E-state index in [-0.39, 0.29) is 0 Å². The van der Waals surface area contributed by atoms with E-state index in [9.17, 15) is 0 Å². The molecular formula is C20H20Cl3N3O5. The third kappa shape index (κ3) is 9.02. The fourth-order valence-electron chi connectivity index (χ4n) is 2.54. The molecule has 0 saturated carbocycles. The van der Waals surface area contributed by atoms with Crippen LogP contribution in [-0.4, -0.2) is 33.1 Å². The summed E-state index contributed by atoms with van der Waals surface area (Å²) in [5.41, 5.74) is 1.01. The zero-order valence-electron chi connectivity index (χ0n) is 16.2. The highest BCUT2D eigenvalue weighted by molar-refractivity contribution is 6.30. The summed E-state index contributed by atoms with van der Waals surface area (Å²) in [6, 6.07) is 14.8. The first-order valence-corrected chi connectivity index (χ1v) is 10.2. The monoisotopic (exact) mass is 487 g/mol. The molecule has 0 saturated heterocycles. The van der Waals surface area contributed by atoms with E-state index in [0.717, 1.165) is 11.3 Å². The molecule has 1 atom stereocenters. The van der Waals surface area contributed by atoms with Gasteiger partial charge in [-0.25, -0.2) is 4.98 Å². The molecule has 0 bridgehead atoms. The van der Waals surface area contributed by atoms with Crippen molar-refractivity contribution in [1.29, 1.82) is 0 Å². The van der Waals surface area contributed by atoms with Gasteiger partial charge >= 0.3 is 0 Å². The molecule has 3 aromatic rings. The molecule has 0 fully saturated rings. The normalized spacial score (nSPS) is 12.4. The average Bonchev–Trinajstić information content (AvgIpc) is 3.26. The van der Waals surface area contributed by atoms with E-state index in [4.69, 9.17) is 59.6 Å². The molecule has 0 radical (unpaired) electrons. The van der Waals surface area contributed by atoms with Crippen molar-refractivity contribution in [3.05, 3.63) is 93.0 Å². The highest BCUT2D eigenvalue weighted by atomic mass is 35.5. The second kappa shape index (κ2) is 12.4. The number of ether oxygens (including phenoxy) is 2. The van der Waals surface area contributed by atoms with Crippen LogP contribution in [-0.2, 0) is 16.3 Å². The van der Waals surface area contributed by atoms with Crippen molar-refractivity contribution < 1.29 is 19.8 Å². The van der Waals surface area contributed by atoms with Crippen LogP contribution in [0.15, 0.2) is 67.3 Å². The van der Waals surface area contributed by atoms with Gasteiger partial charge in [-0.05, 0) is 42.0 Å². The molecule has 166 valence electrons. The minimum Gasteiger partial charge on any atom is -0.494 e. The van der Waals surface area contributed by atoms with Crippen molar-refractivity contribution in [1.82, 2.24) is 9.55 Å². The van der Waals surface area contributed by atoms with Crippen LogP contribution in [0.5, 0.6) is 5.75 Å². The van der Waals surface area contributed by atoms with E-state index in [2.05, 4.69) is 4.98 Å². The molecule has 3 rings (SSSR count).